The largest absolute Gasteiger partial charge is 0.493 e. The van der Waals surface area contributed by atoms with Gasteiger partial charge in [0.25, 0.3) is 5.91 Å². The second-order valence-corrected chi connectivity index (χ2v) is 8.89. The Bertz CT molecular complexity index is 885. The summed E-state index contributed by atoms with van der Waals surface area (Å²) in [6.07, 6.45) is 2.62. The van der Waals surface area contributed by atoms with Crippen molar-refractivity contribution in [1.29, 1.82) is 0 Å². The van der Waals surface area contributed by atoms with Gasteiger partial charge in [-0.05, 0) is 30.2 Å². The molecule has 2 aliphatic rings. The summed E-state index contributed by atoms with van der Waals surface area (Å²) in [7, 11) is 3.14. The molecule has 0 spiro atoms. The third kappa shape index (κ3) is 5.52. The maximum Gasteiger partial charge on any atom is 0.266 e. The highest BCUT2D eigenvalue weighted by atomic mass is 32.2. The van der Waals surface area contributed by atoms with Crippen LogP contribution >= 0.6 is 35.7 Å². The summed E-state index contributed by atoms with van der Waals surface area (Å²) in [4.78, 5) is 31.0. The highest BCUT2D eigenvalue weighted by Gasteiger charge is 2.31. The number of rotatable bonds is 7. The van der Waals surface area contributed by atoms with Crippen molar-refractivity contribution in [1.82, 2.24) is 10.2 Å². The van der Waals surface area contributed by atoms with Crippen LogP contribution in [0.3, 0.4) is 0 Å². The Morgan fingerprint density at radius 3 is 2.83 bits per heavy atom. The number of amides is 2. The zero-order valence-corrected chi connectivity index (χ0v) is 18.5. The van der Waals surface area contributed by atoms with E-state index in [1.54, 1.807) is 49.1 Å². The number of aliphatic imine (C=N–C) groups is 1. The summed E-state index contributed by atoms with van der Waals surface area (Å²) >= 11 is 8.15. The van der Waals surface area contributed by atoms with E-state index >= 15 is 0 Å². The van der Waals surface area contributed by atoms with Crippen molar-refractivity contribution in [2.24, 2.45) is 4.99 Å². The lowest BCUT2D eigenvalue weighted by atomic mass is 10.2. The Morgan fingerprint density at radius 2 is 2.14 bits per heavy atom. The number of benzene rings is 1. The molecular weight excluding hydrogens is 430 g/mol. The summed E-state index contributed by atoms with van der Waals surface area (Å²) in [6.45, 7) is 1.14. The van der Waals surface area contributed by atoms with Crippen LogP contribution in [0, 0.1) is 0 Å². The smallest absolute Gasteiger partial charge is 0.266 e. The van der Waals surface area contributed by atoms with Gasteiger partial charge in [0.1, 0.15) is 4.32 Å². The van der Waals surface area contributed by atoms with Crippen molar-refractivity contribution in [3.8, 4) is 11.5 Å². The number of thiocarbonyl (C=S) groups is 1. The highest BCUT2D eigenvalue weighted by Crippen LogP contribution is 2.34. The quantitative estimate of drug-likeness (QED) is 0.504. The number of ether oxygens (including phenoxy) is 2. The predicted molar refractivity (Wildman–Crippen MR) is 122 cm³/mol. The maximum atomic E-state index is 12.7. The molecular formula is C19H21N3O4S3. The van der Waals surface area contributed by atoms with E-state index in [1.165, 1.54) is 11.8 Å². The van der Waals surface area contributed by atoms with Crippen LogP contribution in [0.1, 0.15) is 18.4 Å². The first kappa shape index (κ1) is 21.7. The molecule has 1 fully saturated rings. The van der Waals surface area contributed by atoms with E-state index in [0.29, 0.717) is 45.3 Å². The van der Waals surface area contributed by atoms with Crippen molar-refractivity contribution in [3.63, 3.8) is 0 Å². The number of methoxy groups -OCH3 is 2. The normalized spacial score (nSPS) is 17.7. The molecule has 0 aliphatic carbocycles. The Morgan fingerprint density at radius 1 is 1.34 bits per heavy atom. The molecule has 2 heterocycles. The highest BCUT2D eigenvalue weighted by molar-refractivity contribution is 8.26. The van der Waals surface area contributed by atoms with Gasteiger partial charge in [-0.2, -0.15) is 0 Å². The van der Waals surface area contributed by atoms with Gasteiger partial charge in [0.15, 0.2) is 16.7 Å². The summed E-state index contributed by atoms with van der Waals surface area (Å²) in [5.41, 5.74) is 0.817. The molecule has 0 bridgehead atoms. The van der Waals surface area contributed by atoms with Crippen LogP contribution in [0.4, 0.5) is 0 Å². The number of nitrogens with one attached hydrogen (secondary N) is 1. The van der Waals surface area contributed by atoms with Crippen LogP contribution in [0.15, 0.2) is 28.1 Å². The van der Waals surface area contributed by atoms with Crippen LogP contribution in [0.25, 0.3) is 6.08 Å². The first-order valence-corrected chi connectivity index (χ1v) is 11.2. The van der Waals surface area contributed by atoms with Crippen molar-refractivity contribution in [3.05, 3.63) is 28.7 Å². The number of amidine groups is 1. The van der Waals surface area contributed by atoms with E-state index in [2.05, 4.69) is 10.3 Å². The molecule has 1 aromatic carbocycles. The minimum atomic E-state index is -0.147. The maximum absolute atomic E-state index is 12.7. The number of carbonyl (C=O) groups is 2. The SMILES string of the molecule is COc1ccc(C=C2SC(=S)N(CCCC(=O)NC3=NCCS3)C2=O)cc1OC. The summed E-state index contributed by atoms with van der Waals surface area (Å²) < 4.78 is 11.0. The van der Waals surface area contributed by atoms with Crippen LogP contribution in [0.5, 0.6) is 11.5 Å². The third-order valence-electron chi connectivity index (χ3n) is 4.20. The molecule has 0 atom stereocenters. The lowest BCUT2D eigenvalue weighted by Crippen LogP contribution is -2.31. The van der Waals surface area contributed by atoms with Crippen LogP contribution < -0.4 is 14.8 Å². The first-order chi connectivity index (χ1) is 14.0. The molecule has 3 rings (SSSR count). The fourth-order valence-corrected chi connectivity index (χ4v) is 4.83. The zero-order valence-electron chi connectivity index (χ0n) is 16.1. The predicted octanol–water partition coefficient (Wildman–Crippen LogP) is 2.90. The summed E-state index contributed by atoms with van der Waals surface area (Å²) in [6, 6.07) is 5.44. The number of thioether (sulfide) groups is 2. The van der Waals surface area contributed by atoms with E-state index < -0.39 is 0 Å². The topological polar surface area (TPSA) is 80.2 Å². The van der Waals surface area contributed by atoms with Gasteiger partial charge in [-0.1, -0.05) is 41.8 Å². The van der Waals surface area contributed by atoms with Crippen LogP contribution in [-0.4, -0.2) is 59.3 Å². The monoisotopic (exact) mass is 451 g/mol. The first-order valence-electron chi connectivity index (χ1n) is 8.96. The van der Waals surface area contributed by atoms with E-state index in [0.717, 1.165) is 17.9 Å². The van der Waals surface area contributed by atoms with Gasteiger partial charge in [0, 0.05) is 18.7 Å². The average molecular weight is 452 g/mol. The van der Waals surface area contributed by atoms with E-state index in [4.69, 9.17) is 21.7 Å². The minimum absolute atomic E-state index is 0.0931. The molecule has 2 aliphatic heterocycles. The van der Waals surface area contributed by atoms with Gasteiger partial charge in [-0.3, -0.25) is 19.5 Å². The Kier molecular flexibility index (Phi) is 7.57. The molecule has 10 heteroatoms. The van der Waals surface area contributed by atoms with Crippen LogP contribution in [0.2, 0.25) is 0 Å². The third-order valence-corrected chi connectivity index (χ3v) is 6.47. The summed E-state index contributed by atoms with van der Waals surface area (Å²) in [5.74, 6) is 1.87. The van der Waals surface area contributed by atoms with Gasteiger partial charge in [-0.25, -0.2) is 0 Å². The fourth-order valence-electron chi connectivity index (χ4n) is 2.78. The molecule has 0 saturated carbocycles. The van der Waals surface area contributed by atoms with Crippen molar-refractivity contribution in [2.75, 3.05) is 33.1 Å². The Balaban J connectivity index is 1.57. The van der Waals surface area contributed by atoms with Crippen molar-refractivity contribution in [2.45, 2.75) is 12.8 Å². The second-order valence-electron chi connectivity index (χ2n) is 6.13. The van der Waals surface area contributed by atoms with E-state index in [-0.39, 0.29) is 11.8 Å². The number of carbonyl (C=O) groups excluding carboxylic acids is 2. The Hall–Kier alpha value is -2.04. The molecule has 1 N–H and O–H groups in total. The Labute approximate surface area is 183 Å². The lowest BCUT2D eigenvalue weighted by molar-refractivity contribution is -0.123. The van der Waals surface area contributed by atoms with Gasteiger partial charge in [0.05, 0.1) is 25.7 Å². The number of nitrogens with zero attached hydrogens (tertiary/aromatic N) is 2. The molecule has 154 valence electrons. The van der Waals surface area contributed by atoms with Gasteiger partial charge < -0.3 is 14.8 Å². The standard InChI is InChI=1S/C19H21N3O4S3/c1-25-13-6-5-12(10-14(13)26-2)11-15-17(24)22(19(27)29-15)8-3-4-16(23)21-18-20-7-9-28-18/h5-6,10-11H,3-4,7-9H2,1-2H3,(H,20,21,23). The average Bonchev–Trinajstić information content (AvgIpc) is 3.31. The fraction of sp³-hybridized carbons (Fsp3) is 0.368. The van der Waals surface area contributed by atoms with Crippen molar-refractivity contribution >= 4 is 63.1 Å². The number of hydrogen-bond donors (Lipinski definition) is 1. The molecule has 1 saturated heterocycles. The summed E-state index contributed by atoms with van der Waals surface area (Å²) in [5, 5.41) is 3.47. The molecule has 0 aromatic heterocycles. The van der Waals surface area contributed by atoms with Gasteiger partial charge in [-0.15, -0.1) is 0 Å². The lowest BCUT2D eigenvalue weighted by Gasteiger charge is -2.14. The van der Waals surface area contributed by atoms with Crippen LogP contribution in [-0.2, 0) is 9.59 Å². The molecule has 2 amide bonds. The van der Waals surface area contributed by atoms with Gasteiger partial charge in [0.2, 0.25) is 5.91 Å². The minimum Gasteiger partial charge on any atom is -0.493 e. The van der Waals surface area contributed by atoms with E-state index in [9.17, 15) is 9.59 Å². The van der Waals surface area contributed by atoms with Gasteiger partial charge >= 0.3 is 0 Å². The second kappa shape index (κ2) is 10.1. The molecule has 0 radical (unpaired) electrons. The van der Waals surface area contributed by atoms with Crippen molar-refractivity contribution < 1.29 is 19.1 Å². The molecule has 1 aromatic rings. The molecule has 7 nitrogen and oxygen atoms in total. The molecule has 0 unspecified atom stereocenters. The van der Waals surface area contributed by atoms with E-state index in [1.807, 2.05) is 6.07 Å². The molecule has 29 heavy (non-hydrogen) atoms. The number of hydrogen-bond acceptors (Lipinski definition) is 8. The zero-order chi connectivity index (χ0) is 20.8.